The van der Waals surface area contributed by atoms with Crippen LogP contribution in [0.5, 0.6) is 0 Å². The molecule has 26 heavy (non-hydrogen) atoms. The number of fused-ring (bicyclic) bond motifs is 1. The number of thiophene rings is 1. The van der Waals surface area contributed by atoms with Gasteiger partial charge in [0.05, 0.1) is 10.5 Å². The molecule has 0 aliphatic heterocycles. The molecule has 2 aromatic rings. The lowest BCUT2D eigenvalue weighted by Gasteiger charge is -2.18. The Morgan fingerprint density at radius 1 is 1.31 bits per heavy atom. The maximum Gasteiger partial charge on any atom is 0.270 e. The van der Waals surface area contributed by atoms with Gasteiger partial charge in [-0.1, -0.05) is 13.0 Å². The van der Waals surface area contributed by atoms with Crippen molar-refractivity contribution >= 4 is 33.8 Å². The molecule has 1 aliphatic carbocycles. The normalized spacial score (nSPS) is 15.8. The van der Waals surface area contributed by atoms with Crippen LogP contribution in [-0.4, -0.2) is 23.8 Å². The lowest BCUT2D eigenvalue weighted by molar-refractivity contribution is -0.384. The highest BCUT2D eigenvalue weighted by Crippen LogP contribution is 2.39. The number of non-ortho nitro benzene ring substituents is 1. The van der Waals surface area contributed by atoms with Crippen molar-refractivity contribution in [2.45, 2.75) is 26.2 Å². The summed E-state index contributed by atoms with van der Waals surface area (Å²) in [6.45, 7) is 2.17. The molecule has 0 fully saturated rings. The van der Waals surface area contributed by atoms with E-state index in [4.69, 9.17) is 0 Å². The van der Waals surface area contributed by atoms with Crippen LogP contribution in [0.4, 0.5) is 10.7 Å². The number of carbonyl (C=O) groups is 2. The van der Waals surface area contributed by atoms with Crippen LogP contribution in [0.3, 0.4) is 0 Å². The summed E-state index contributed by atoms with van der Waals surface area (Å²) in [7, 11) is 1.56. The fourth-order valence-electron chi connectivity index (χ4n) is 3.14. The molecule has 1 heterocycles. The highest BCUT2D eigenvalue weighted by Gasteiger charge is 2.28. The standard InChI is InChI=1S/C18H19N3O4S/c1-10-6-7-13-14(8-10)26-18(15(13)17(23)19-2)20-16(22)11-4-3-5-12(9-11)21(24)25/h3-5,9-10H,6-8H2,1-2H3,(H,19,23)(H,20,22)/t10-/m1/s1. The van der Waals surface area contributed by atoms with E-state index in [1.807, 2.05) is 0 Å². The Morgan fingerprint density at radius 2 is 2.08 bits per heavy atom. The van der Waals surface area contributed by atoms with Gasteiger partial charge in [-0.25, -0.2) is 0 Å². The number of anilines is 1. The molecule has 2 amide bonds. The minimum Gasteiger partial charge on any atom is -0.355 e. The van der Waals surface area contributed by atoms with E-state index in [1.54, 1.807) is 7.05 Å². The second-order valence-electron chi connectivity index (χ2n) is 6.40. The average Bonchev–Trinajstić information content (AvgIpc) is 2.97. The molecule has 136 valence electrons. The van der Waals surface area contributed by atoms with E-state index in [0.29, 0.717) is 16.5 Å². The zero-order valence-electron chi connectivity index (χ0n) is 14.5. The summed E-state index contributed by atoms with van der Waals surface area (Å²) in [4.78, 5) is 36.4. The van der Waals surface area contributed by atoms with E-state index in [9.17, 15) is 19.7 Å². The number of nitro groups is 1. The van der Waals surface area contributed by atoms with Crippen LogP contribution in [0.2, 0.25) is 0 Å². The van der Waals surface area contributed by atoms with Gasteiger partial charge in [0.15, 0.2) is 0 Å². The highest BCUT2D eigenvalue weighted by atomic mass is 32.1. The maximum absolute atomic E-state index is 12.6. The van der Waals surface area contributed by atoms with Crippen LogP contribution < -0.4 is 10.6 Å². The average molecular weight is 373 g/mol. The topological polar surface area (TPSA) is 101 Å². The minimum atomic E-state index is -0.544. The van der Waals surface area contributed by atoms with Gasteiger partial charge in [-0.2, -0.15) is 0 Å². The summed E-state index contributed by atoms with van der Waals surface area (Å²) >= 11 is 1.42. The molecular weight excluding hydrogens is 354 g/mol. The predicted molar refractivity (Wildman–Crippen MR) is 99.9 cm³/mol. The van der Waals surface area contributed by atoms with Gasteiger partial charge < -0.3 is 10.6 Å². The van der Waals surface area contributed by atoms with Gasteiger partial charge in [0.25, 0.3) is 17.5 Å². The van der Waals surface area contributed by atoms with Crippen molar-refractivity contribution in [3.05, 3.63) is 55.9 Å². The van der Waals surface area contributed by atoms with E-state index < -0.39 is 10.8 Å². The van der Waals surface area contributed by atoms with E-state index in [0.717, 1.165) is 29.7 Å². The van der Waals surface area contributed by atoms with E-state index in [-0.39, 0.29) is 17.2 Å². The van der Waals surface area contributed by atoms with Gasteiger partial charge >= 0.3 is 0 Å². The Labute approximate surface area is 154 Å². The van der Waals surface area contributed by atoms with E-state index in [2.05, 4.69) is 17.6 Å². The summed E-state index contributed by atoms with van der Waals surface area (Å²) in [6, 6.07) is 5.54. The zero-order chi connectivity index (χ0) is 18.8. The number of rotatable bonds is 4. The summed E-state index contributed by atoms with van der Waals surface area (Å²) in [5, 5.41) is 16.8. The number of carbonyl (C=O) groups excluding carboxylic acids is 2. The third kappa shape index (κ3) is 3.45. The van der Waals surface area contributed by atoms with Crippen molar-refractivity contribution in [1.82, 2.24) is 5.32 Å². The lowest BCUT2D eigenvalue weighted by Crippen LogP contribution is -2.22. The number of nitrogens with zero attached hydrogens (tertiary/aromatic N) is 1. The van der Waals surface area contributed by atoms with Crippen LogP contribution >= 0.6 is 11.3 Å². The van der Waals surface area contributed by atoms with Crippen LogP contribution in [0.25, 0.3) is 0 Å². The quantitative estimate of drug-likeness (QED) is 0.633. The molecule has 3 rings (SSSR count). The molecule has 8 heteroatoms. The molecule has 0 bridgehead atoms. The first-order valence-electron chi connectivity index (χ1n) is 8.33. The molecule has 1 atom stereocenters. The summed E-state index contributed by atoms with van der Waals surface area (Å²) < 4.78 is 0. The number of nitro benzene ring substituents is 1. The van der Waals surface area contributed by atoms with Crippen molar-refractivity contribution in [2.75, 3.05) is 12.4 Å². The Balaban J connectivity index is 1.94. The number of hydrogen-bond donors (Lipinski definition) is 2. The molecule has 0 saturated carbocycles. The van der Waals surface area contributed by atoms with Crippen molar-refractivity contribution in [2.24, 2.45) is 5.92 Å². The Morgan fingerprint density at radius 3 is 2.77 bits per heavy atom. The van der Waals surface area contributed by atoms with Crippen LogP contribution in [0, 0.1) is 16.0 Å². The molecule has 0 saturated heterocycles. The number of hydrogen-bond acceptors (Lipinski definition) is 5. The third-order valence-corrected chi connectivity index (χ3v) is 5.68. The summed E-state index contributed by atoms with van der Waals surface area (Å²) in [5.41, 5.74) is 1.55. The van der Waals surface area contributed by atoms with Gasteiger partial charge in [-0.3, -0.25) is 19.7 Å². The molecule has 1 aromatic heterocycles. The summed E-state index contributed by atoms with van der Waals surface area (Å²) in [5.74, 6) is -0.157. The fraction of sp³-hybridized carbons (Fsp3) is 0.333. The monoisotopic (exact) mass is 373 g/mol. The minimum absolute atomic E-state index is 0.150. The second-order valence-corrected chi connectivity index (χ2v) is 7.50. The Hall–Kier alpha value is -2.74. The molecule has 1 aromatic carbocycles. The first-order chi connectivity index (χ1) is 12.4. The molecule has 2 N–H and O–H groups in total. The van der Waals surface area contributed by atoms with Crippen LogP contribution in [-0.2, 0) is 12.8 Å². The van der Waals surface area contributed by atoms with E-state index >= 15 is 0 Å². The molecule has 0 radical (unpaired) electrons. The molecule has 7 nitrogen and oxygen atoms in total. The van der Waals surface area contributed by atoms with Gasteiger partial charge in [0.2, 0.25) is 0 Å². The third-order valence-electron chi connectivity index (χ3n) is 4.51. The lowest BCUT2D eigenvalue weighted by atomic mass is 9.88. The van der Waals surface area contributed by atoms with Crippen molar-refractivity contribution in [3.8, 4) is 0 Å². The molecule has 0 spiro atoms. The largest absolute Gasteiger partial charge is 0.355 e. The molecular formula is C18H19N3O4S. The number of nitrogens with one attached hydrogen (secondary N) is 2. The van der Waals surface area contributed by atoms with Gasteiger partial charge in [0.1, 0.15) is 5.00 Å². The number of benzene rings is 1. The van der Waals surface area contributed by atoms with E-state index in [1.165, 1.54) is 35.6 Å². The fourth-order valence-corrected chi connectivity index (χ4v) is 4.54. The summed E-state index contributed by atoms with van der Waals surface area (Å²) in [6.07, 6.45) is 2.70. The van der Waals surface area contributed by atoms with Crippen LogP contribution in [0.1, 0.15) is 44.5 Å². The number of amides is 2. The SMILES string of the molecule is CNC(=O)c1c(NC(=O)c2cccc([N+](=O)[O-])c2)sc2c1CC[C@@H](C)C2. The molecule has 1 aliphatic rings. The first kappa shape index (κ1) is 18.1. The van der Waals surface area contributed by atoms with Gasteiger partial charge in [-0.15, -0.1) is 11.3 Å². The van der Waals surface area contributed by atoms with Crippen molar-refractivity contribution in [1.29, 1.82) is 0 Å². The predicted octanol–water partition coefficient (Wildman–Crippen LogP) is 3.39. The van der Waals surface area contributed by atoms with Gasteiger partial charge in [0, 0.05) is 29.6 Å². The smallest absolute Gasteiger partial charge is 0.270 e. The zero-order valence-corrected chi connectivity index (χ0v) is 15.3. The second kappa shape index (κ2) is 7.25. The van der Waals surface area contributed by atoms with Crippen molar-refractivity contribution in [3.63, 3.8) is 0 Å². The van der Waals surface area contributed by atoms with Gasteiger partial charge in [-0.05, 0) is 36.8 Å². The maximum atomic E-state index is 12.6. The first-order valence-corrected chi connectivity index (χ1v) is 9.14. The Bertz CT molecular complexity index is 891. The molecule has 0 unspecified atom stereocenters. The highest BCUT2D eigenvalue weighted by molar-refractivity contribution is 7.17. The van der Waals surface area contributed by atoms with Crippen molar-refractivity contribution < 1.29 is 14.5 Å². The van der Waals surface area contributed by atoms with Crippen LogP contribution in [0.15, 0.2) is 24.3 Å². The Kier molecular flexibility index (Phi) is 5.03.